The lowest BCUT2D eigenvalue weighted by Crippen LogP contribution is -2.14. The van der Waals surface area contributed by atoms with E-state index in [2.05, 4.69) is 15.9 Å². The van der Waals surface area contributed by atoms with E-state index in [0.717, 1.165) is 22.0 Å². The quantitative estimate of drug-likeness (QED) is 0.833. The second-order valence-corrected chi connectivity index (χ2v) is 5.77. The number of rotatable bonds is 3. The average molecular weight is 345 g/mol. The molecule has 2 aromatic rings. The highest BCUT2D eigenvalue weighted by Gasteiger charge is 2.12. The average Bonchev–Trinajstić information content (AvgIpc) is 2.32. The SMILES string of the molecule is NC(Cc1ccccc1Br)c1ccc(Cl)cc1Cl. The van der Waals surface area contributed by atoms with Crippen molar-refractivity contribution in [3.8, 4) is 0 Å². The minimum Gasteiger partial charge on any atom is -0.324 e. The fourth-order valence-corrected chi connectivity index (χ4v) is 2.81. The molecular weight excluding hydrogens is 333 g/mol. The molecule has 0 spiro atoms. The van der Waals surface area contributed by atoms with Crippen molar-refractivity contribution in [1.29, 1.82) is 0 Å². The van der Waals surface area contributed by atoms with Gasteiger partial charge in [0, 0.05) is 20.6 Å². The molecule has 94 valence electrons. The number of halogens is 3. The van der Waals surface area contributed by atoms with Crippen molar-refractivity contribution in [2.75, 3.05) is 0 Å². The molecule has 18 heavy (non-hydrogen) atoms. The van der Waals surface area contributed by atoms with Crippen LogP contribution in [0.15, 0.2) is 46.9 Å². The van der Waals surface area contributed by atoms with Crippen LogP contribution >= 0.6 is 39.1 Å². The molecule has 0 radical (unpaired) electrons. The summed E-state index contributed by atoms with van der Waals surface area (Å²) in [5.74, 6) is 0. The lowest BCUT2D eigenvalue weighted by molar-refractivity contribution is 0.720. The Morgan fingerprint density at radius 1 is 1.11 bits per heavy atom. The molecule has 0 saturated heterocycles. The lowest BCUT2D eigenvalue weighted by Gasteiger charge is -2.15. The first-order chi connectivity index (χ1) is 8.58. The molecule has 2 rings (SSSR count). The Bertz CT molecular complexity index is 557. The van der Waals surface area contributed by atoms with Gasteiger partial charge in [0.05, 0.1) is 0 Å². The molecule has 0 aliphatic heterocycles. The second kappa shape index (κ2) is 6.07. The fourth-order valence-electron chi connectivity index (χ4n) is 1.81. The summed E-state index contributed by atoms with van der Waals surface area (Å²) in [7, 11) is 0. The van der Waals surface area contributed by atoms with Crippen molar-refractivity contribution in [2.24, 2.45) is 5.73 Å². The van der Waals surface area contributed by atoms with Crippen LogP contribution in [0.4, 0.5) is 0 Å². The zero-order chi connectivity index (χ0) is 13.1. The topological polar surface area (TPSA) is 26.0 Å². The number of hydrogen-bond acceptors (Lipinski definition) is 1. The summed E-state index contributed by atoms with van der Waals surface area (Å²) in [4.78, 5) is 0. The van der Waals surface area contributed by atoms with Gasteiger partial charge < -0.3 is 5.73 Å². The first kappa shape index (κ1) is 13.9. The largest absolute Gasteiger partial charge is 0.324 e. The van der Waals surface area contributed by atoms with Gasteiger partial charge in [-0.25, -0.2) is 0 Å². The molecule has 0 heterocycles. The molecule has 0 aliphatic rings. The van der Waals surface area contributed by atoms with Crippen LogP contribution in [0.25, 0.3) is 0 Å². The van der Waals surface area contributed by atoms with Crippen LogP contribution in [-0.4, -0.2) is 0 Å². The van der Waals surface area contributed by atoms with E-state index in [1.165, 1.54) is 0 Å². The third kappa shape index (κ3) is 3.27. The molecule has 1 unspecified atom stereocenters. The molecule has 0 aliphatic carbocycles. The van der Waals surface area contributed by atoms with E-state index in [4.69, 9.17) is 28.9 Å². The van der Waals surface area contributed by atoms with Gasteiger partial charge in [0.15, 0.2) is 0 Å². The highest BCUT2D eigenvalue weighted by atomic mass is 79.9. The first-order valence-corrected chi connectivity index (χ1v) is 7.07. The maximum Gasteiger partial charge on any atom is 0.0468 e. The van der Waals surface area contributed by atoms with E-state index in [1.807, 2.05) is 36.4 Å². The molecule has 4 heteroatoms. The van der Waals surface area contributed by atoms with Crippen molar-refractivity contribution in [3.05, 3.63) is 68.1 Å². The van der Waals surface area contributed by atoms with E-state index in [1.54, 1.807) is 6.07 Å². The Hall–Kier alpha value is -0.540. The molecule has 0 bridgehead atoms. The van der Waals surface area contributed by atoms with Gasteiger partial charge in [0.2, 0.25) is 0 Å². The van der Waals surface area contributed by atoms with E-state index in [-0.39, 0.29) is 6.04 Å². The number of hydrogen-bond donors (Lipinski definition) is 1. The highest BCUT2D eigenvalue weighted by molar-refractivity contribution is 9.10. The van der Waals surface area contributed by atoms with Crippen molar-refractivity contribution in [2.45, 2.75) is 12.5 Å². The van der Waals surface area contributed by atoms with Crippen molar-refractivity contribution in [3.63, 3.8) is 0 Å². The maximum atomic E-state index is 6.20. The molecular formula is C14H12BrCl2N. The van der Waals surface area contributed by atoms with E-state index < -0.39 is 0 Å². The van der Waals surface area contributed by atoms with Crippen LogP contribution in [0.2, 0.25) is 10.0 Å². The summed E-state index contributed by atoms with van der Waals surface area (Å²) in [6.07, 6.45) is 0.725. The summed E-state index contributed by atoms with van der Waals surface area (Å²) in [6.45, 7) is 0. The van der Waals surface area contributed by atoms with Crippen LogP contribution in [0.3, 0.4) is 0 Å². The van der Waals surface area contributed by atoms with Crippen LogP contribution in [0.1, 0.15) is 17.2 Å². The molecule has 0 aromatic heterocycles. The van der Waals surface area contributed by atoms with E-state index in [0.29, 0.717) is 10.0 Å². The fraction of sp³-hybridized carbons (Fsp3) is 0.143. The first-order valence-electron chi connectivity index (χ1n) is 5.52. The summed E-state index contributed by atoms with van der Waals surface area (Å²) >= 11 is 15.5. The normalized spacial score (nSPS) is 12.4. The van der Waals surface area contributed by atoms with Gasteiger partial charge in [0.1, 0.15) is 0 Å². The molecule has 2 aromatic carbocycles. The standard InChI is InChI=1S/C14H12BrCl2N/c15-12-4-2-1-3-9(12)7-14(18)11-6-5-10(16)8-13(11)17/h1-6,8,14H,7,18H2. The van der Waals surface area contributed by atoms with Gasteiger partial charge in [-0.15, -0.1) is 0 Å². The summed E-state index contributed by atoms with van der Waals surface area (Å²) < 4.78 is 1.06. The smallest absolute Gasteiger partial charge is 0.0468 e. The molecule has 0 amide bonds. The summed E-state index contributed by atoms with van der Waals surface area (Å²) in [6, 6.07) is 13.3. The molecule has 0 saturated carbocycles. The van der Waals surface area contributed by atoms with E-state index >= 15 is 0 Å². The Morgan fingerprint density at radius 2 is 1.83 bits per heavy atom. The maximum absolute atomic E-state index is 6.20. The highest BCUT2D eigenvalue weighted by Crippen LogP contribution is 2.28. The van der Waals surface area contributed by atoms with Gasteiger partial charge >= 0.3 is 0 Å². The van der Waals surface area contributed by atoms with Crippen molar-refractivity contribution >= 4 is 39.1 Å². The van der Waals surface area contributed by atoms with Gasteiger partial charge in [-0.3, -0.25) is 0 Å². The predicted molar refractivity (Wildman–Crippen MR) is 81.2 cm³/mol. The summed E-state index contributed by atoms with van der Waals surface area (Å²) in [5, 5.41) is 1.24. The third-order valence-corrected chi connectivity index (χ3v) is 4.10. The van der Waals surface area contributed by atoms with Crippen LogP contribution in [0, 0.1) is 0 Å². The molecule has 1 atom stereocenters. The van der Waals surface area contributed by atoms with Gasteiger partial charge in [-0.2, -0.15) is 0 Å². The minimum absolute atomic E-state index is 0.145. The Balaban J connectivity index is 2.22. The van der Waals surface area contributed by atoms with Gasteiger partial charge in [0.25, 0.3) is 0 Å². The van der Waals surface area contributed by atoms with Gasteiger partial charge in [-0.05, 0) is 35.7 Å². The third-order valence-electron chi connectivity index (χ3n) is 2.76. The monoisotopic (exact) mass is 343 g/mol. The van der Waals surface area contributed by atoms with Crippen molar-refractivity contribution < 1.29 is 0 Å². The number of nitrogens with two attached hydrogens (primary N) is 1. The molecule has 2 N–H and O–H groups in total. The summed E-state index contributed by atoms with van der Waals surface area (Å²) in [5.41, 5.74) is 8.28. The van der Waals surface area contributed by atoms with Crippen LogP contribution in [0.5, 0.6) is 0 Å². The Morgan fingerprint density at radius 3 is 2.50 bits per heavy atom. The lowest BCUT2D eigenvalue weighted by atomic mass is 10.00. The predicted octanol–water partition coefficient (Wildman–Crippen LogP) is 5.00. The second-order valence-electron chi connectivity index (χ2n) is 4.07. The Labute approximate surface area is 125 Å². The molecule has 0 fully saturated rings. The zero-order valence-corrected chi connectivity index (χ0v) is 12.6. The van der Waals surface area contributed by atoms with Gasteiger partial charge in [-0.1, -0.05) is 63.4 Å². The minimum atomic E-state index is -0.145. The number of benzene rings is 2. The zero-order valence-electron chi connectivity index (χ0n) is 9.54. The van der Waals surface area contributed by atoms with Crippen molar-refractivity contribution in [1.82, 2.24) is 0 Å². The van der Waals surface area contributed by atoms with Crippen LogP contribution in [-0.2, 0) is 6.42 Å². The molecule has 1 nitrogen and oxygen atoms in total. The van der Waals surface area contributed by atoms with Crippen LogP contribution < -0.4 is 5.73 Å². The Kier molecular flexibility index (Phi) is 4.68. The van der Waals surface area contributed by atoms with E-state index in [9.17, 15) is 0 Å².